The SMILES string of the molecule is C=CC(=O)CCCCCCC/C=C\CCCCCCCC. The number of rotatable bonds is 16. The van der Waals surface area contributed by atoms with E-state index in [0.29, 0.717) is 6.42 Å². The molecule has 0 aromatic rings. The molecule has 0 bridgehead atoms. The topological polar surface area (TPSA) is 17.1 Å². The first-order chi connectivity index (χ1) is 10.3. The van der Waals surface area contributed by atoms with E-state index < -0.39 is 0 Å². The molecule has 0 aliphatic rings. The lowest BCUT2D eigenvalue weighted by molar-refractivity contribution is -0.114. The Balaban J connectivity index is 3.11. The molecule has 1 nitrogen and oxygen atoms in total. The van der Waals surface area contributed by atoms with Crippen LogP contribution in [-0.2, 0) is 4.79 Å². The predicted molar refractivity (Wildman–Crippen MR) is 94.7 cm³/mol. The minimum absolute atomic E-state index is 0.188. The zero-order chi connectivity index (χ0) is 15.6. The van der Waals surface area contributed by atoms with E-state index in [1.54, 1.807) is 0 Å². The minimum Gasteiger partial charge on any atom is -0.295 e. The molecule has 122 valence electrons. The maximum absolute atomic E-state index is 11.0. The lowest BCUT2D eigenvalue weighted by atomic mass is 10.1. The molecule has 0 saturated carbocycles. The molecular formula is C20H36O. The van der Waals surface area contributed by atoms with Crippen LogP contribution in [0, 0.1) is 0 Å². The number of ketones is 1. The van der Waals surface area contributed by atoms with Crippen LogP contribution in [0.2, 0.25) is 0 Å². The molecule has 0 saturated heterocycles. The standard InChI is InChI=1S/C20H36O/c1-3-5-6-7-8-9-10-11-12-13-14-15-16-17-18-19-20(21)4-2/h4,11-12H,2-3,5-10,13-19H2,1H3/b12-11-. The third-order valence-corrected chi connectivity index (χ3v) is 3.91. The number of carbonyl (C=O) groups excluding carboxylic acids is 1. The van der Waals surface area contributed by atoms with Crippen molar-refractivity contribution in [2.45, 2.75) is 96.8 Å². The molecule has 0 N–H and O–H groups in total. The van der Waals surface area contributed by atoms with Gasteiger partial charge in [0.1, 0.15) is 0 Å². The fourth-order valence-corrected chi connectivity index (χ4v) is 2.47. The van der Waals surface area contributed by atoms with Crippen molar-refractivity contribution in [3.63, 3.8) is 0 Å². The largest absolute Gasteiger partial charge is 0.295 e. The molecule has 0 aromatic heterocycles. The van der Waals surface area contributed by atoms with Crippen molar-refractivity contribution in [1.29, 1.82) is 0 Å². The van der Waals surface area contributed by atoms with Crippen molar-refractivity contribution in [2.75, 3.05) is 0 Å². The molecule has 0 amide bonds. The Hall–Kier alpha value is -0.850. The predicted octanol–water partition coefficient (Wildman–Crippen LogP) is 6.78. The van der Waals surface area contributed by atoms with E-state index in [2.05, 4.69) is 25.7 Å². The molecule has 1 heteroatoms. The Morgan fingerprint density at radius 2 is 1.24 bits per heavy atom. The maximum atomic E-state index is 11.0. The van der Waals surface area contributed by atoms with E-state index >= 15 is 0 Å². The van der Waals surface area contributed by atoms with Crippen LogP contribution in [0.25, 0.3) is 0 Å². The van der Waals surface area contributed by atoms with Gasteiger partial charge in [0.15, 0.2) is 5.78 Å². The van der Waals surface area contributed by atoms with Gasteiger partial charge < -0.3 is 0 Å². The van der Waals surface area contributed by atoms with Gasteiger partial charge in [0.05, 0.1) is 0 Å². The highest BCUT2D eigenvalue weighted by atomic mass is 16.1. The molecule has 0 fully saturated rings. The first-order valence-electron chi connectivity index (χ1n) is 9.11. The second-order valence-electron chi connectivity index (χ2n) is 6.00. The van der Waals surface area contributed by atoms with E-state index in [0.717, 1.165) is 6.42 Å². The third-order valence-electron chi connectivity index (χ3n) is 3.91. The maximum Gasteiger partial charge on any atom is 0.155 e. The molecule has 0 aromatic carbocycles. The van der Waals surface area contributed by atoms with Gasteiger partial charge in [0.2, 0.25) is 0 Å². The molecule has 0 spiro atoms. The Bertz CT molecular complexity index is 265. The summed E-state index contributed by atoms with van der Waals surface area (Å²) in [7, 11) is 0. The highest BCUT2D eigenvalue weighted by molar-refractivity contribution is 5.88. The van der Waals surface area contributed by atoms with Crippen LogP contribution >= 0.6 is 0 Å². The normalized spacial score (nSPS) is 11.1. The van der Waals surface area contributed by atoms with Crippen LogP contribution in [0.15, 0.2) is 24.8 Å². The summed E-state index contributed by atoms with van der Waals surface area (Å²) in [5.74, 6) is 0.188. The van der Waals surface area contributed by atoms with Gasteiger partial charge >= 0.3 is 0 Å². The summed E-state index contributed by atoms with van der Waals surface area (Å²) in [6.07, 6.45) is 23.7. The molecule has 0 aliphatic carbocycles. The van der Waals surface area contributed by atoms with E-state index in [4.69, 9.17) is 0 Å². The van der Waals surface area contributed by atoms with Gasteiger partial charge in [0, 0.05) is 6.42 Å². The third kappa shape index (κ3) is 17.1. The lowest BCUT2D eigenvalue weighted by Gasteiger charge is -1.99. The van der Waals surface area contributed by atoms with E-state index in [1.165, 1.54) is 83.1 Å². The summed E-state index contributed by atoms with van der Waals surface area (Å²) in [5, 5.41) is 0. The first kappa shape index (κ1) is 20.1. The van der Waals surface area contributed by atoms with Crippen LogP contribution in [0.5, 0.6) is 0 Å². The van der Waals surface area contributed by atoms with E-state index in [-0.39, 0.29) is 5.78 Å². The van der Waals surface area contributed by atoms with Gasteiger partial charge in [-0.15, -0.1) is 0 Å². The molecule has 0 heterocycles. The number of unbranched alkanes of at least 4 members (excludes halogenated alkanes) is 11. The van der Waals surface area contributed by atoms with Crippen molar-refractivity contribution in [3.05, 3.63) is 24.8 Å². The van der Waals surface area contributed by atoms with E-state index in [9.17, 15) is 4.79 Å². The zero-order valence-corrected chi connectivity index (χ0v) is 14.2. The Kier molecular flexibility index (Phi) is 16.5. The average Bonchev–Trinajstić information content (AvgIpc) is 2.50. The van der Waals surface area contributed by atoms with Crippen LogP contribution in [0.4, 0.5) is 0 Å². The van der Waals surface area contributed by atoms with Crippen molar-refractivity contribution < 1.29 is 4.79 Å². The average molecular weight is 293 g/mol. The number of hydrogen-bond donors (Lipinski definition) is 0. The Morgan fingerprint density at radius 3 is 1.76 bits per heavy atom. The molecular weight excluding hydrogens is 256 g/mol. The number of carbonyl (C=O) groups is 1. The molecule has 0 rings (SSSR count). The smallest absolute Gasteiger partial charge is 0.155 e. The van der Waals surface area contributed by atoms with Gasteiger partial charge in [-0.1, -0.05) is 77.0 Å². The van der Waals surface area contributed by atoms with Crippen LogP contribution in [0.1, 0.15) is 96.8 Å². The number of hydrogen-bond acceptors (Lipinski definition) is 1. The van der Waals surface area contributed by atoms with Crippen molar-refractivity contribution in [3.8, 4) is 0 Å². The summed E-state index contributed by atoms with van der Waals surface area (Å²) in [5.41, 5.74) is 0. The quantitative estimate of drug-likeness (QED) is 0.174. The minimum atomic E-state index is 0.188. The van der Waals surface area contributed by atoms with Crippen LogP contribution in [-0.4, -0.2) is 5.78 Å². The monoisotopic (exact) mass is 292 g/mol. The Labute approximate surface area is 132 Å². The second kappa shape index (κ2) is 17.2. The van der Waals surface area contributed by atoms with Crippen molar-refractivity contribution >= 4 is 5.78 Å². The summed E-state index contributed by atoms with van der Waals surface area (Å²) in [6, 6.07) is 0. The van der Waals surface area contributed by atoms with Crippen molar-refractivity contribution in [1.82, 2.24) is 0 Å². The first-order valence-corrected chi connectivity index (χ1v) is 9.11. The zero-order valence-electron chi connectivity index (χ0n) is 14.2. The Morgan fingerprint density at radius 1 is 0.762 bits per heavy atom. The summed E-state index contributed by atoms with van der Waals surface area (Å²) in [4.78, 5) is 11.0. The summed E-state index contributed by atoms with van der Waals surface area (Å²) < 4.78 is 0. The van der Waals surface area contributed by atoms with Gasteiger partial charge in [-0.25, -0.2) is 0 Å². The molecule has 0 atom stereocenters. The lowest BCUT2D eigenvalue weighted by Crippen LogP contribution is -1.91. The van der Waals surface area contributed by atoms with Gasteiger partial charge in [-0.05, 0) is 38.2 Å². The van der Waals surface area contributed by atoms with E-state index in [1.807, 2.05) is 0 Å². The highest BCUT2D eigenvalue weighted by Gasteiger charge is 1.95. The fourth-order valence-electron chi connectivity index (χ4n) is 2.47. The number of allylic oxidation sites excluding steroid dienone is 3. The van der Waals surface area contributed by atoms with Gasteiger partial charge in [-0.3, -0.25) is 4.79 Å². The second-order valence-corrected chi connectivity index (χ2v) is 6.00. The van der Waals surface area contributed by atoms with Gasteiger partial charge in [0.25, 0.3) is 0 Å². The summed E-state index contributed by atoms with van der Waals surface area (Å²) in [6.45, 7) is 5.76. The fraction of sp³-hybridized carbons (Fsp3) is 0.750. The molecule has 0 radical (unpaired) electrons. The van der Waals surface area contributed by atoms with Gasteiger partial charge in [-0.2, -0.15) is 0 Å². The van der Waals surface area contributed by atoms with Crippen LogP contribution in [0.3, 0.4) is 0 Å². The molecule has 0 aliphatic heterocycles. The molecule has 21 heavy (non-hydrogen) atoms. The highest BCUT2D eigenvalue weighted by Crippen LogP contribution is 2.10. The summed E-state index contributed by atoms with van der Waals surface area (Å²) >= 11 is 0. The molecule has 0 unspecified atom stereocenters. The van der Waals surface area contributed by atoms with Crippen LogP contribution < -0.4 is 0 Å². The van der Waals surface area contributed by atoms with Crippen molar-refractivity contribution in [2.24, 2.45) is 0 Å².